The van der Waals surface area contributed by atoms with Crippen molar-refractivity contribution in [1.29, 1.82) is 0 Å². The molecule has 1 atom stereocenters. The van der Waals surface area contributed by atoms with Crippen molar-refractivity contribution in [2.75, 3.05) is 0 Å². The van der Waals surface area contributed by atoms with Crippen molar-refractivity contribution in [3.63, 3.8) is 0 Å². The molecule has 2 aromatic heterocycles. The highest BCUT2D eigenvalue weighted by atomic mass is 16.3. The predicted octanol–water partition coefficient (Wildman–Crippen LogP) is 3.60. The second-order valence-corrected chi connectivity index (χ2v) is 5.32. The van der Waals surface area contributed by atoms with Crippen LogP contribution >= 0.6 is 0 Å². The van der Waals surface area contributed by atoms with Gasteiger partial charge in [-0.1, -0.05) is 18.2 Å². The van der Waals surface area contributed by atoms with Crippen LogP contribution < -0.4 is 0 Å². The quantitative estimate of drug-likeness (QED) is 0.793. The van der Waals surface area contributed by atoms with E-state index in [1.165, 1.54) is 0 Å². The summed E-state index contributed by atoms with van der Waals surface area (Å²) in [6.45, 7) is 1.98. The number of rotatable bonds is 4. The zero-order valence-corrected chi connectivity index (χ0v) is 12.0. The maximum Gasteiger partial charge on any atom is 0.0793 e. The number of aliphatic hydroxyl groups is 1. The topological polar surface area (TPSA) is 46.0 Å². The van der Waals surface area contributed by atoms with Crippen LogP contribution in [-0.4, -0.2) is 15.1 Å². The van der Waals surface area contributed by atoms with Gasteiger partial charge in [0, 0.05) is 23.5 Å². The van der Waals surface area contributed by atoms with Gasteiger partial charge in [0.1, 0.15) is 0 Å². The number of benzene rings is 1. The van der Waals surface area contributed by atoms with Gasteiger partial charge in [0.15, 0.2) is 0 Å². The van der Waals surface area contributed by atoms with Crippen LogP contribution in [0.3, 0.4) is 0 Å². The molecule has 1 aromatic carbocycles. The van der Waals surface area contributed by atoms with E-state index in [0.717, 1.165) is 34.1 Å². The first-order valence-corrected chi connectivity index (χ1v) is 7.17. The number of hydrogen-bond donors (Lipinski definition) is 1. The van der Waals surface area contributed by atoms with Gasteiger partial charge in [-0.2, -0.15) is 0 Å². The van der Waals surface area contributed by atoms with E-state index in [2.05, 4.69) is 16.0 Å². The molecule has 1 N–H and O–H groups in total. The van der Waals surface area contributed by atoms with Crippen LogP contribution in [0.5, 0.6) is 0 Å². The number of aliphatic hydroxyl groups excluding tert-OH is 1. The molecule has 0 aliphatic carbocycles. The minimum atomic E-state index is -0.462. The first-order valence-electron chi connectivity index (χ1n) is 7.17. The highest BCUT2D eigenvalue weighted by Crippen LogP contribution is 2.23. The third-order valence-electron chi connectivity index (χ3n) is 3.67. The fourth-order valence-corrected chi connectivity index (χ4v) is 2.47. The summed E-state index contributed by atoms with van der Waals surface area (Å²) in [7, 11) is 0. The van der Waals surface area contributed by atoms with Crippen LogP contribution in [0, 0.1) is 6.92 Å². The minimum Gasteiger partial charge on any atom is -0.388 e. The van der Waals surface area contributed by atoms with Gasteiger partial charge in [0.2, 0.25) is 0 Å². The number of aryl methyl sites for hydroxylation is 2. The van der Waals surface area contributed by atoms with Crippen LogP contribution in [0.25, 0.3) is 10.9 Å². The van der Waals surface area contributed by atoms with Crippen molar-refractivity contribution < 1.29 is 5.11 Å². The summed E-state index contributed by atoms with van der Waals surface area (Å²) < 4.78 is 0. The van der Waals surface area contributed by atoms with Gasteiger partial charge in [-0.05, 0) is 55.2 Å². The van der Waals surface area contributed by atoms with Gasteiger partial charge in [0.05, 0.1) is 11.6 Å². The smallest absolute Gasteiger partial charge is 0.0793 e. The lowest BCUT2D eigenvalue weighted by Gasteiger charge is -2.12. The van der Waals surface area contributed by atoms with E-state index in [1.54, 1.807) is 6.20 Å². The van der Waals surface area contributed by atoms with E-state index in [-0.39, 0.29) is 0 Å². The van der Waals surface area contributed by atoms with E-state index < -0.39 is 6.10 Å². The van der Waals surface area contributed by atoms with Gasteiger partial charge in [-0.25, -0.2) is 0 Å². The first kappa shape index (κ1) is 13.7. The zero-order valence-electron chi connectivity index (χ0n) is 12.0. The summed E-state index contributed by atoms with van der Waals surface area (Å²) in [5, 5.41) is 11.4. The third kappa shape index (κ3) is 3.26. The number of pyridine rings is 2. The second kappa shape index (κ2) is 6.02. The third-order valence-corrected chi connectivity index (χ3v) is 3.67. The summed E-state index contributed by atoms with van der Waals surface area (Å²) >= 11 is 0. The Hall–Kier alpha value is -2.26. The lowest BCUT2D eigenvalue weighted by molar-refractivity contribution is 0.168. The Morgan fingerprint density at radius 1 is 1.14 bits per heavy atom. The zero-order chi connectivity index (χ0) is 14.7. The van der Waals surface area contributed by atoms with Gasteiger partial charge in [-0.3, -0.25) is 9.97 Å². The van der Waals surface area contributed by atoms with E-state index in [0.29, 0.717) is 6.42 Å². The molecule has 0 fully saturated rings. The highest BCUT2D eigenvalue weighted by molar-refractivity contribution is 5.79. The van der Waals surface area contributed by atoms with Gasteiger partial charge < -0.3 is 5.11 Å². The highest BCUT2D eigenvalue weighted by Gasteiger charge is 2.09. The Balaban J connectivity index is 1.75. The Kier molecular flexibility index (Phi) is 3.93. The summed E-state index contributed by atoms with van der Waals surface area (Å²) in [6.07, 6.45) is 4.66. The number of nitrogens with zero attached hydrogens (tertiary/aromatic N) is 2. The minimum absolute atomic E-state index is 0.462. The first-order chi connectivity index (χ1) is 10.2. The largest absolute Gasteiger partial charge is 0.388 e. The molecule has 3 heteroatoms. The predicted molar refractivity (Wildman–Crippen MR) is 84.0 cm³/mol. The monoisotopic (exact) mass is 278 g/mol. The molecule has 2 heterocycles. The molecule has 106 valence electrons. The molecule has 0 saturated heterocycles. The normalized spacial score (nSPS) is 12.5. The van der Waals surface area contributed by atoms with Gasteiger partial charge in [0.25, 0.3) is 0 Å². The molecule has 3 nitrogen and oxygen atoms in total. The molecular formula is C18H18N2O. The molecule has 21 heavy (non-hydrogen) atoms. The van der Waals surface area contributed by atoms with Gasteiger partial charge >= 0.3 is 0 Å². The van der Waals surface area contributed by atoms with E-state index in [9.17, 15) is 5.11 Å². The van der Waals surface area contributed by atoms with Crippen molar-refractivity contribution >= 4 is 10.9 Å². The van der Waals surface area contributed by atoms with Crippen molar-refractivity contribution in [1.82, 2.24) is 9.97 Å². The van der Waals surface area contributed by atoms with E-state index >= 15 is 0 Å². The standard InChI is InChI=1S/C18H18N2O/c1-13-4-6-15-11-16(7-8-17(15)20-13)18(21)9-5-14-3-2-10-19-12-14/h2-4,6-8,10-12,18,21H,5,9H2,1H3. The molecule has 0 amide bonds. The average Bonchev–Trinajstić information content (AvgIpc) is 2.53. The lowest BCUT2D eigenvalue weighted by atomic mass is 10.0. The van der Waals surface area contributed by atoms with Crippen LogP contribution in [0.15, 0.2) is 54.9 Å². The number of hydrogen-bond acceptors (Lipinski definition) is 3. The summed E-state index contributed by atoms with van der Waals surface area (Å²) in [5.74, 6) is 0. The Morgan fingerprint density at radius 3 is 2.86 bits per heavy atom. The maximum atomic E-state index is 10.4. The SMILES string of the molecule is Cc1ccc2cc(C(O)CCc3cccnc3)ccc2n1. The summed E-state index contributed by atoms with van der Waals surface area (Å²) in [6, 6.07) is 14.0. The molecule has 0 aliphatic heterocycles. The molecule has 3 aromatic rings. The van der Waals surface area contributed by atoms with E-state index in [4.69, 9.17) is 0 Å². The Morgan fingerprint density at radius 2 is 2.05 bits per heavy atom. The van der Waals surface area contributed by atoms with Gasteiger partial charge in [-0.15, -0.1) is 0 Å². The molecule has 0 radical (unpaired) electrons. The van der Waals surface area contributed by atoms with Crippen molar-refractivity contribution in [3.8, 4) is 0 Å². The molecule has 3 rings (SSSR count). The Bertz CT molecular complexity index is 741. The molecule has 0 bridgehead atoms. The molecule has 0 spiro atoms. The van der Waals surface area contributed by atoms with Crippen molar-refractivity contribution in [3.05, 3.63) is 71.7 Å². The molecule has 0 aliphatic rings. The van der Waals surface area contributed by atoms with Crippen LogP contribution in [0.4, 0.5) is 0 Å². The Labute approximate surface area is 124 Å². The molecule has 0 saturated carbocycles. The second-order valence-electron chi connectivity index (χ2n) is 5.32. The van der Waals surface area contributed by atoms with E-state index in [1.807, 2.05) is 49.5 Å². The number of aromatic nitrogens is 2. The summed E-state index contributed by atoms with van der Waals surface area (Å²) in [4.78, 5) is 8.57. The average molecular weight is 278 g/mol. The molecule has 1 unspecified atom stereocenters. The van der Waals surface area contributed by atoms with Crippen LogP contribution in [0.1, 0.15) is 29.3 Å². The summed E-state index contributed by atoms with van der Waals surface area (Å²) in [5.41, 5.74) is 4.07. The van der Waals surface area contributed by atoms with Crippen LogP contribution in [0.2, 0.25) is 0 Å². The fraction of sp³-hybridized carbons (Fsp3) is 0.222. The number of fused-ring (bicyclic) bond motifs is 1. The van der Waals surface area contributed by atoms with Crippen LogP contribution in [-0.2, 0) is 6.42 Å². The van der Waals surface area contributed by atoms with Crippen molar-refractivity contribution in [2.24, 2.45) is 0 Å². The molecular weight excluding hydrogens is 260 g/mol. The maximum absolute atomic E-state index is 10.4. The lowest BCUT2D eigenvalue weighted by Crippen LogP contribution is -2.00. The fourth-order valence-electron chi connectivity index (χ4n) is 2.47. The van der Waals surface area contributed by atoms with Crippen molar-refractivity contribution in [2.45, 2.75) is 25.9 Å².